The number of thioether (sulfide) groups is 1. The number of anilines is 1. The number of hydrazine groups is 1. The molecule has 4 nitrogen and oxygen atoms in total. The van der Waals surface area contributed by atoms with E-state index in [-0.39, 0.29) is 0 Å². The van der Waals surface area contributed by atoms with Crippen LogP contribution in [0.1, 0.15) is 11.3 Å². The van der Waals surface area contributed by atoms with E-state index in [2.05, 4.69) is 34.5 Å². The van der Waals surface area contributed by atoms with Crippen LogP contribution in [0, 0.1) is 6.92 Å². The largest absolute Gasteiger partial charge is 0.307 e. The first-order valence-corrected chi connectivity index (χ1v) is 6.24. The van der Waals surface area contributed by atoms with Crippen LogP contribution >= 0.6 is 11.8 Å². The summed E-state index contributed by atoms with van der Waals surface area (Å²) in [6.07, 6.45) is 3.37. The Morgan fingerprint density at radius 2 is 2.06 bits per heavy atom. The third-order valence-corrected chi connectivity index (χ3v) is 3.53. The highest BCUT2D eigenvalue weighted by molar-refractivity contribution is 7.98. The molecule has 0 atom stereocenters. The molecule has 1 heterocycles. The second-order valence-electron chi connectivity index (χ2n) is 3.59. The maximum Gasteiger partial charge on any atom is 0.158 e. The number of rotatable bonds is 4. The van der Waals surface area contributed by atoms with Crippen molar-refractivity contribution in [1.82, 2.24) is 9.97 Å². The average Bonchev–Trinajstić information content (AvgIpc) is 2.38. The molecule has 1 aromatic heterocycles. The lowest BCUT2D eigenvalue weighted by Crippen LogP contribution is -2.08. The first-order valence-electron chi connectivity index (χ1n) is 5.25. The minimum absolute atomic E-state index is 0.578. The second kappa shape index (κ2) is 5.65. The van der Waals surface area contributed by atoms with Crippen molar-refractivity contribution in [3.05, 3.63) is 47.9 Å². The minimum atomic E-state index is 0.578. The van der Waals surface area contributed by atoms with E-state index in [4.69, 9.17) is 5.84 Å². The summed E-state index contributed by atoms with van der Waals surface area (Å²) in [5, 5.41) is 0. The van der Waals surface area contributed by atoms with E-state index in [1.807, 2.05) is 12.1 Å². The highest BCUT2D eigenvalue weighted by Gasteiger charge is 2.00. The van der Waals surface area contributed by atoms with Crippen molar-refractivity contribution in [2.24, 2.45) is 5.84 Å². The fourth-order valence-electron chi connectivity index (χ4n) is 1.37. The maximum absolute atomic E-state index is 5.23. The van der Waals surface area contributed by atoms with Gasteiger partial charge in [0.15, 0.2) is 5.82 Å². The summed E-state index contributed by atoms with van der Waals surface area (Å²) in [6, 6.07) is 8.31. The first kappa shape index (κ1) is 11.9. The number of nitrogen functional groups attached to an aromatic ring is 1. The Kier molecular flexibility index (Phi) is 3.95. The predicted octanol–water partition coefficient (Wildman–Crippen LogP) is 2.36. The van der Waals surface area contributed by atoms with Gasteiger partial charge in [0, 0.05) is 10.6 Å². The lowest BCUT2D eigenvalue weighted by Gasteiger charge is -2.05. The Balaban J connectivity index is 2.00. The van der Waals surface area contributed by atoms with E-state index in [1.165, 1.54) is 10.5 Å². The van der Waals surface area contributed by atoms with Crippen molar-refractivity contribution in [1.29, 1.82) is 0 Å². The number of nitrogens with one attached hydrogen (secondary N) is 1. The summed E-state index contributed by atoms with van der Waals surface area (Å²) in [5.74, 6) is 6.61. The summed E-state index contributed by atoms with van der Waals surface area (Å²) in [5.41, 5.74) is 4.68. The number of hydrogen-bond acceptors (Lipinski definition) is 5. The van der Waals surface area contributed by atoms with Gasteiger partial charge in [0.05, 0.1) is 18.1 Å². The van der Waals surface area contributed by atoms with E-state index >= 15 is 0 Å². The predicted molar refractivity (Wildman–Crippen MR) is 70.6 cm³/mol. The summed E-state index contributed by atoms with van der Waals surface area (Å²) >= 11 is 1.76. The Morgan fingerprint density at radius 1 is 1.24 bits per heavy atom. The molecule has 0 saturated carbocycles. The molecule has 0 radical (unpaired) electrons. The van der Waals surface area contributed by atoms with Crippen LogP contribution in [0.2, 0.25) is 0 Å². The Morgan fingerprint density at radius 3 is 2.71 bits per heavy atom. The van der Waals surface area contributed by atoms with Gasteiger partial charge in [-0.05, 0) is 18.6 Å². The van der Waals surface area contributed by atoms with Crippen LogP contribution in [-0.2, 0) is 5.75 Å². The number of nitrogens with two attached hydrogens (primary N) is 1. The summed E-state index contributed by atoms with van der Waals surface area (Å²) < 4.78 is 0. The zero-order valence-corrected chi connectivity index (χ0v) is 10.4. The number of benzene rings is 1. The zero-order chi connectivity index (χ0) is 12.1. The molecule has 1 aromatic carbocycles. The first-order chi connectivity index (χ1) is 8.29. The van der Waals surface area contributed by atoms with Gasteiger partial charge in [0.25, 0.3) is 0 Å². The molecule has 0 aliphatic carbocycles. The molecule has 0 amide bonds. The molecule has 5 heteroatoms. The van der Waals surface area contributed by atoms with E-state index in [1.54, 1.807) is 24.2 Å². The van der Waals surface area contributed by atoms with Crippen LogP contribution < -0.4 is 11.3 Å². The number of hydrogen-bond donors (Lipinski definition) is 2. The van der Waals surface area contributed by atoms with Crippen molar-refractivity contribution in [3.8, 4) is 0 Å². The van der Waals surface area contributed by atoms with Gasteiger partial charge in [-0.25, -0.2) is 10.8 Å². The van der Waals surface area contributed by atoms with Gasteiger partial charge in [-0.3, -0.25) is 4.98 Å². The van der Waals surface area contributed by atoms with Crippen molar-refractivity contribution in [2.75, 3.05) is 5.43 Å². The quantitative estimate of drug-likeness (QED) is 0.492. The van der Waals surface area contributed by atoms with Crippen LogP contribution in [0.5, 0.6) is 0 Å². The van der Waals surface area contributed by atoms with Crippen molar-refractivity contribution < 1.29 is 0 Å². The Hall–Kier alpha value is -1.59. The summed E-state index contributed by atoms with van der Waals surface area (Å²) in [6.45, 7) is 2.11. The second-order valence-corrected chi connectivity index (χ2v) is 4.61. The van der Waals surface area contributed by atoms with Gasteiger partial charge in [0.2, 0.25) is 0 Å². The third kappa shape index (κ3) is 3.18. The van der Waals surface area contributed by atoms with Gasteiger partial charge in [-0.1, -0.05) is 18.2 Å². The molecule has 0 aliphatic heterocycles. The summed E-state index contributed by atoms with van der Waals surface area (Å²) in [4.78, 5) is 9.66. The van der Waals surface area contributed by atoms with E-state index in [9.17, 15) is 0 Å². The minimum Gasteiger partial charge on any atom is -0.307 e. The summed E-state index contributed by atoms with van der Waals surface area (Å²) in [7, 11) is 0. The van der Waals surface area contributed by atoms with Gasteiger partial charge in [-0.15, -0.1) is 11.8 Å². The van der Waals surface area contributed by atoms with Crippen LogP contribution in [-0.4, -0.2) is 9.97 Å². The topological polar surface area (TPSA) is 63.8 Å². The highest BCUT2D eigenvalue weighted by atomic mass is 32.2. The Bertz CT molecular complexity index is 484. The van der Waals surface area contributed by atoms with Gasteiger partial charge in [0.1, 0.15) is 0 Å². The monoisotopic (exact) mass is 246 g/mol. The van der Waals surface area contributed by atoms with E-state index in [0.29, 0.717) is 5.82 Å². The van der Waals surface area contributed by atoms with E-state index < -0.39 is 0 Å². The van der Waals surface area contributed by atoms with Crippen molar-refractivity contribution >= 4 is 17.6 Å². The highest BCUT2D eigenvalue weighted by Crippen LogP contribution is 2.24. The molecule has 2 aromatic rings. The third-order valence-electron chi connectivity index (χ3n) is 2.32. The number of nitrogens with zero attached hydrogens (tertiary/aromatic N) is 2. The number of aryl methyl sites for hydroxylation is 1. The van der Waals surface area contributed by atoms with Gasteiger partial charge in [-0.2, -0.15) is 0 Å². The Labute approximate surface area is 105 Å². The fraction of sp³-hybridized carbons (Fsp3) is 0.167. The zero-order valence-electron chi connectivity index (χ0n) is 9.55. The SMILES string of the molecule is Cc1ccccc1SCc1cnc(NN)cn1. The molecule has 3 N–H and O–H groups in total. The molecule has 0 bridgehead atoms. The van der Waals surface area contributed by atoms with Crippen LogP contribution in [0.4, 0.5) is 5.82 Å². The normalized spacial score (nSPS) is 10.2. The lowest BCUT2D eigenvalue weighted by atomic mass is 10.2. The van der Waals surface area contributed by atoms with Gasteiger partial charge >= 0.3 is 0 Å². The molecular weight excluding hydrogens is 232 g/mol. The molecule has 2 rings (SSSR count). The molecule has 0 aliphatic rings. The van der Waals surface area contributed by atoms with Crippen LogP contribution in [0.3, 0.4) is 0 Å². The lowest BCUT2D eigenvalue weighted by molar-refractivity contribution is 1.08. The molecule has 0 fully saturated rings. The van der Waals surface area contributed by atoms with E-state index in [0.717, 1.165) is 11.4 Å². The molecule has 17 heavy (non-hydrogen) atoms. The fourth-order valence-corrected chi connectivity index (χ4v) is 2.30. The maximum atomic E-state index is 5.23. The molecule has 0 spiro atoms. The smallest absolute Gasteiger partial charge is 0.158 e. The average molecular weight is 246 g/mol. The van der Waals surface area contributed by atoms with Crippen LogP contribution in [0.15, 0.2) is 41.6 Å². The van der Waals surface area contributed by atoms with Crippen LogP contribution in [0.25, 0.3) is 0 Å². The standard InChI is InChI=1S/C12H14N4S/c1-9-4-2-3-5-11(9)17-8-10-6-15-12(16-13)7-14-10/h2-7H,8,13H2,1H3,(H,15,16). The molecule has 0 unspecified atom stereocenters. The number of aromatic nitrogens is 2. The molecular formula is C12H14N4S. The van der Waals surface area contributed by atoms with Gasteiger partial charge < -0.3 is 5.43 Å². The van der Waals surface area contributed by atoms with Crippen molar-refractivity contribution in [2.45, 2.75) is 17.6 Å². The molecule has 88 valence electrons. The van der Waals surface area contributed by atoms with Crippen molar-refractivity contribution in [3.63, 3.8) is 0 Å². The molecule has 0 saturated heterocycles.